The Balaban J connectivity index is 2.40. The first-order valence-electron chi connectivity index (χ1n) is 6.48. The molecule has 0 aliphatic carbocycles. The summed E-state index contributed by atoms with van der Waals surface area (Å²) in [5.41, 5.74) is 0.799. The molecule has 0 aliphatic heterocycles. The van der Waals surface area contributed by atoms with Crippen molar-refractivity contribution in [3.05, 3.63) is 46.3 Å². The number of nitrogens with zero attached hydrogens (tertiary/aromatic N) is 3. The fourth-order valence-corrected chi connectivity index (χ4v) is 1.95. The third-order valence-electron chi connectivity index (χ3n) is 2.90. The minimum atomic E-state index is -0.463. The summed E-state index contributed by atoms with van der Waals surface area (Å²) < 4.78 is 5.71. The van der Waals surface area contributed by atoms with Gasteiger partial charge in [-0.2, -0.15) is 0 Å². The van der Waals surface area contributed by atoms with Gasteiger partial charge in [0, 0.05) is 13.1 Å². The van der Waals surface area contributed by atoms with Gasteiger partial charge in [-0.15, -0.1) is 0 Å². The van der Waals surface area contributed by atoms with Gasteiger partial charge in [0.2, 0.25) is 5.88 Å². The van der Waals surface area contributed by atoms with Crippen LogP contribution in [0.3, 0.4) is 0 Å². The molecule has 0 radical (unpaired) electrons. The van der Waals surface area contributed by atoms with Crippen LogP contribution in [0.1, 0.15) is 25.3 Å². The lowest BCUT2D eigenvalue weighted by Crippen LogP contribution is -2.04. The van der Waals surface area contributed by atoms with Gasteiger partial charge in [0.05, 0.1) is 16.6 Å². The zero-order valence-electron chi connectivity index (χ0n) is 12.0. The van der Waals surface area contributed by atoms with Gasteiger partial charge in [0.15, 0.2) is 0 Å². The van der Waals surface area contributed by atoms with Crippen LogP contribution in [0.25, 0.3) is 0 Å². The molecular weight excluding hydrogens is 272 g/mol. The second-order valence-electron chi connectivity index (χ2n) is 4.70. The molecule has 7 nitrogen and oxygen atoms in total. The second-order valence-corrected chi connectivity index (χ2v) is 4.70. The molecule has 1 heterocycles. The molecule has 2 rings (SSSR count). The molecule has 0 aliphatic rings. The molecule has 7 heteroatoms. The number of hydrogen-bond acceptors (Lipinski definition) is 6. The maximum Gasteiger partial charge on any atom is 0.273 e. The van der Waals surface area contributed by atoms with Gasteiger partial charge in [-0.1, -0.05) is 19.9 Å². The minimum Gasteiger partial charge on any atom is -0.438 e. The van der Waals surface area contributed by atoms with Crippen molar-refractivity contribution < 1.29 is 9.66 Å². The fourth-order valence-electron chi connectivity index (χ4n) is 1.95. The molecular formula is C14H16N4O3. The van der Waals surface area contributed by atoms with Crippen LogP contribution >= 0.6 is 0 Å². The zero-order chi connectivity index (χ0) is 15.4. The quantitative estimate of drug-likeness (QED) is 0.670. The predicted octanol–water partition coefficient (Wildman–Crippen LogP) is 3.34. The van der Waals surface area contributed by atoms with Gasteiger partial charge in [-0.05, 0) is 12.0 Å². The minimum absolute atomic E-state index is 0.0264. The number of non-ortho nitro benzene ring substituents is 1. The van der Waals surface area contributed by atoms with E-state index in [0.29, 0.717) is 17.4 Å². The molecule has 0 spiro atoms. The van der Waals surface area contributed by atoms with Crippen LogP contribution in [-0.4, -0.2) is 21.9 Å². The largest absolute Gasteiger partial charge is 0.438 e. The van der Waals surface area contributed by atoms with Crippen LogP contribution in [0.4, 0.5) is 11.5 Å². The highest BCUT2D eigenvalue weighted by molar-refractivity contribution is 5.51. The van der Waals surface area contributed by atoms with Gasteiger partial charge in [0.25, 0.3) is 5.69 Å². The fraction of sp³-hybridized carbons (Fsp3) is 0.286. The lowest BCUT2D eigenvalue weighted by molar-refractivity contribution is -0.384. The molecule has 2 aromatic rings. The van der Waals surface area contributed by atoms with Gasteiger partial charge in [-0.3, -0.25) is 10.1 Å². The molecule has 0 unspecified atom stereocenters. The molecule has 0 saturated heterocycles. The Kier molecular flexibility index (Phi) is 4.32. The molecule has 1 N–H and O–H groups in total. The van der Waals surface area contributed by atoms with Crippen LogP contribution in [0.15, 0.2) is 30.6 Å². The molecule has 1 aromatic heterocycles. The molecule has 110 valence electrons. The van der Waals surface area contributed by atoms with Gasteiger partial charge in [0.1, 0.15) is 17.9 Å². The average molecular weight is 288 g/mol. The zero-order valence-corrected chi connectivity index (χ0v) is 12.0. The first-order chi connectivity index (χ1) is 10.0. The maximum absolute atomic E-state index is 10.8. The second kappa shape index (κ2) is 6.17. The number of nitro groups is 1. The highest BCUT2D eigenvalue weighted by Crippen LogP contribution is 2.33. The number of nitro benzene ring substituents is 1. The van der Waals surface area contributed by atoms with Gasteiger partial charge in [-0.25, -0.2) is 9.97 Å². The van der Waals surface area contributed by atoms with Crippen molar-refractivity contribution in [1.29, 1.82) is 0 Å². The van der Waals surface area contributed by atoms with E-state index in [1.165, 1.54) is 18.5 Å². The molecule has 0 fully saturated rings. The molecule has 0 atom stereocenters. The van der Waals surface area contributed by atoms with Crippen LogP contribution in [0.5, 0.6) is 11.6 Å². The van der Waals surface area contributed by atoms with Crippen LogP contribution in [-0.2, 0) is 0 Å². The molecule has 1 aromatic carbocycles. The Morgan fingerprint density at radius 3 is 2.71 bits per heavy atom. The summed E-state index contributed by atoms with van der Waals surface area (Å²) in [4.78, 5) is 18.6. The normalized spacial score (nSPS) is 10.5. The summed E-state index contributed by atoms with van der Waals surface area (Å²) in [5.74, 6) is 1.58. The summed E-state index contributed by atoms with van der Waals surface area (Å²) >= 11 is 0. The van der Waals surface area contributed by atoms with E-state index in [1.807, 2.05) is 13.8 Å². The number of ether oxygens (including phenoxy) is 1. The Morgan fingerprint density at radius 2 is 2.10 bits per heavy atom. The van der Waals surface area contributed by atoms with Crippen molar-refractivity contribution >= 4 is 11.5 Å². The molecule has 0 saturated carbocycles. The number of nitrogens with one attached hydrogen (secondary N) is 1. The predicted molar refractivity (Wildman–Crippen MR) is 78.8 cm³/mol. The molecule has 21 heavy (non-hydrogen) atoms. The van der Waals surface area contributed by atoms with Crippen LogP contribution in [0, 0.1) is 10.1 Å². The molecule has 0 bridgehead atoms. The first kappa shape index (κ1) is 14.7. The van der Waals surface area contributed by atoms with Gasteiger partial charge >= 0.3 is 0 Å². The number of hydrogen-bond donors (Lipinski definition) is 1. The SMILES string of the molecule is CNc1ncnc(Oc2cccc([N+](=O)[O-])c2)c1C(C)C. The molecule has 0 amide bonds. The summed E-state index contributed by atoms with van der Waals surface area (Å²) in [6.45, 7) is 4.00. The van der Waals surface area contributed by atoms with Crippen LogP contribution < -0.4 is 10.1 Å². The van der Waals surface area contributed by atoms with Crippen molar-refractivity contribution in [2.75, 3.05) is 12.4 Å². The summed E-state index contributed by atoms with van der Waals surface area (Å²) in [5, 5.41) is 13.8. The summed E-state index contributed by atoms with van der Waals surface area (Å²) in [6, 6.07) is 6.00. The van der Waals surface area contributed by atoms with E-state index in [0.717, 1.165) is 5.56 Å². The number of anilines is 1. The number of rotatable bonds is 5. The Bertz CT molecular complexity index is 658. The van der Waals surface area contributed by atoms with Crippen molar-refractivity contribution in [3.63, 3.8) is 0 Å². The Hall–Kier alpha value is -2.70. The lowest BCUT2D eigenvalue weighted by atomic mass is 10.1. The van der Waals surface area contributed by atoms with E-state index in [1.54, 1.807) is 19.2 Å². The van der Waals surface area contributed by atoms with Gasteiger partial charge < -0.3 is 10.1 Å². The highest BCUT2D eigenvalue weighted by Gasteiger charge is 2.17. The summed E-state index contributed by atoms with van der Waals surface area (Å²) in [7, 11) is 1.77. The summed E-state index contributed by atoms with van der Waals surface area (Å²) in [6.07, 6.45) is 1.39. The third-order valence-corrected chi connectivity index (χ3v) is 2.90. The van der Waals surface area contributed by atoms with Crippen molar-refractivity contribution in [2.45, 2.75) is 19.8 Å². The van der Waals surface area contributed by atoms with E-state index in [4.69, 9.17) is 4.74 Å². The van der Waals surface area contributed by atoms with Crippen molar-refractivity contribution in [3.8, 4) is 11.6 Å². The van der Waals surface area contributed by atoms with E-state index in [-0.39, 0.29) is 11.6 Å². The Morgan fingerprint density at radius 1 is 1.33 bits per heavy atom. The van der Waals surface area contributed by atoms with E-state index < -0.39 is 4.92 Å². The third kappa shape index (κ3) is 3.25. The van der Waals surface area contributed by atoms with E-state index in [2.05, 4.69) is 15.3 Å². The van der Waals surface area contributed by atoms with Crippen molar-refractivity contribution in [1.82, 2.24) is 9.97 Å². The van der Waals surface area contributed by atoms with E-state index in [9.17, 15) is 10.1 Å². The lowest BCUT2D eigenvalue weighted by Gasteiger charge is -2.15. The number of benzene rings is 1. The Labute approximate surface area is 122 Å². The smallest absolute Gasteiger partial charge is 0.273 e. The van der Waals surface area contributed by atoms with E-state index >= 15 is 0 Å². The standard InChI is InChI=1S/C14H16N4O3/c1-9(2)12-13(15-3)16-8-17-14(12)21-11-6-4-5-10(7-11)18(19)20/h4-9H,1-3H3,(H,15,16,17). The van der Waals surface area contributed by atoms with Crippen LogP contribution in [0.2, 0.25) is 0 Å². The first-order valence-corrected chi connectivity index (χ1v) is 6.48. The highest BCUT2D eigenvalue weighted by atomic mass is 16.6. The average Bonchev–Trinajstić information content (AvgIpc) is 2.46. The maximum atomic E-state index is 10.8. The van der Waals surface area contributed by atoms with Crippen molar-refractivity contribution in [2.24, 2.45) is 0 Å². The monoisotopic (exact) mass is 288 g/mol. The topological polar surface area (TPSA) is 90.2 Å². The number of aromatic nitrogens is 2.